The summed E-state index contributed by atoms with van der Waals surface area (Å²) in [6, 6.07) is 8.13. The van der Waals surface area contributed by atoms with E-state index in [2.05, 4.69) is 25.2 Å². The summed E-state index contributed by atoms with van der Waals surface area (Å²) in [4.78, 5) is 0. The van der Waals surface area contributed by atoms with Crippen LogP contribution in [0.25, 0.3) is 0 Å². The number of rotatable bonds is 6. The zero-order valence-electron chi connectivity index (χ0n) is 11.0. The third-order valence-electron chi connectivity index (χ3n) is 2.86. The summed E-state index contributed by atoms with van der Waals surface area (Å²) >= 11 is 6.04. The highest BCUT2D eigenvalue weighted by Crippen LogP contribution is 2.26. The van der Waals surface area contributed by atoms with Gasteiger partial charge in [0.2, 0.25) is 0 Å². The minimum absolute atomic E-state index is 0.156. The van der Waals surface area contributed by atoms with Crippen molar-refractivity contribution in [2.45, 2.75) is 32.9 Å². The molecule has 0 spiro atoms. The van der Waals surface area contributed by atoms with Crippen LogP contribution in [-0.4, -0.2) is 19.8 Å². The number of halogens is 1. The van der Waals surface area contributed by atoms with Gasteiger partial charge >= 0.3 is 0 Å². The molecule has 2 nitrogen and oxygen atoms in total. The average Bonchev–Trinajstić information content (AvgIpc) is 2.29. The molecule has 1 N–H and O–H groups in total. The monoisotopic (exact) mass is 255 g/mol. The first kappa shape index (κ1) is 14.5. The molecule has 0 aliphatic heterocycles. The van der Waals surface area contributed by atoms with Gasteiger partial charge in [-0.05, 0) is 37.6 Å². The first-order valence-corrected chi connectivity index (χ1v) is 6.52. The van der Waals surface area contributed by atoms with E-state index in [9.17, 15) is 0 Å². The van der Waals surface area contributed by atoms with Gasteiger partial charge in [-0.15, -0.1) is 0 Å². The van der Waals surface area contributed by atoms with E-state index in [1.54, 1.807) is 0 Å². The van der Waals surface area contributed by atoms with E-state index in [1.165, 1.54) is 5.56 Å². The molecule has 0 bridgehead atoms. The van der Waals surface area contributed by atoms with E-state index in [0.717, 1.165) is 11.6 Å². The SMILES string of the molecule is CCOC(C(C)C)C(NC)c1cccc(Cl)c1. The van der Waals surface area contributed by atoms with Crippen molar-refractivity contribution < 1.29 is 4.74 Å². The predicted molar refractivity (Wildman–Crippen MR) is 73.5 cm³/mol. The lowest BCUT2D eigenvalue weighted by Crippen LogP contribution is -2.35. The van der Waals surface area contributed by atoms with Gasteiger partial charge in [0.1, 0.15) is 0 Å². The second kappa shape index (κ2) is 7.00. The lowest BCUT2D eigenvalue weighted by molar-refractivity contribution is 0.00461. The van der Waals surface area contributed by atoms with Gasteiger partial charge in [-0.3, -0.25) is 0 Å². The van der Waals surface area contributed by atoms with Crippen molar-refractivity contribution >= 4 is 11.6 Å². The van der Waals surface area contributed by atoms with Crippen molar-refractivity contribution in [1.29, 1.82) is 0 Å². The molecule has 0 aliphatic carbocycles. The minimum atomic E-state index is 0.156. The fourth-order valence-corrected chi connectivity index (χ4v) is 2.29. The number of benzene rings is 1. The van der Waals surface area contributed by atoms with E-state index in [1.807, 2.05) is 32.2 Å². The molecular weight excluding hydrogens is 234 g/mol. The van der Waals surface area contributed by atoms with Gasteiger partial charge in [0.25, 0.3) is 0 Å². The van der Waals surface area contributed by atoms with Gasteiger partial charge in [0, 0.05) is 11.6 Å². The summed E-state index contributed by atoms with van der Waals surface area (Å²) in [6.07, 6.45) is 0.156. The predicted octanol–water partition coefficient (Wildman–Crippen LogP) is 3.66. The van der Waals surface area contributed by atoms with Crippen molar-refractivity contribution in [3.63, 3.8) is 0 Å². The molecule has 1 rings (SSSR count). The van der Waals surface area contributed by atoms with Crippen LogP contribution in [0.2, 0.25) is 5.02 Å². The maximum Gasteiger partial charge on any atom is 0.0792 e. The lowest BCUT2D eigenvalue weighted by atomic mass is 9.93. The van der Waals surface area contributed by atoms with Crippen LogP contribution >= 0.6 is 11.6 Å². The maximum atomic E-state index is 6.04. The summed E-state index contributed by atoms with van der Waals surface area (Å²) in [6.45, 7) is 7.10. The van der Waals surface area contributed by atoms with Gasteiger partial charge in [0.15, 0.2) is 0 Å². The summed E-state index contributed by atoms with van der Waals surface area (Å²) in [5.41, 5.74) is 1.17. The van der Waals surface area contributed by atoms with Gasteiger partial charge in [0.05, 0.1) is 12.1 Å². The molecule has 3 heteroatoms. The number of hydrogen-bond donors (Lipinski definition) is 1. The van der Waals surface area contributed by atoms with Gasteiger partial charge < -0.3 is 10.1 Å². The van der Waals surface area contributed by atoms with Crippen molar-refractivity contribution in [2.75, 3.05) is 13.7 Å². The largest absolute Gasteiger partial charge is 0.376 e. The second-order valence-corrected chi connectivity index (χ2v) is 4.92. The summed E-state index contributed by atoms with van der Waals surface area (Å²) in [7, 11) is 1.96. The fraction of sp³-hybridized carbons (Fsp3) is 0.571. The Morgan fingerprint density at radius 2 is 2.06 bits per heavy atom. The van der Waals surface area contributed by atoms with Crippen molar-refractivity contribution in [1.82, 2.24) is 5.32 Å². The van der Waals surface area contributed by atoms with Crippen LogP contribution in [0.1, 0.15) is 32.4 Å². The molecule has 0 fully saturated rings. The Balaban J connectivity index is 2.95. The number of nitrogens with one attached hydrogen (secondary N) is 1. The summed E-state index contributed by atoms with van der Waals surface area (Å²) in [5, 5.41) is 4.09. The Bertz CT molecular complexity index is 341. The average molecular weight is 256 g/mol. The molecule has 96 valence electrons. The zero-order chi connectivity index (χ0) is 12.8. The molecular formula is C14H22ClNO. The molecule has 0 aliphatic rings. The molecule has 17 heavy (non-hydrogen) atoms. The van der Waals surface area contributed by atoms with Crippen LogP contribution < -0.4 is 5.32 Å². The van der Waals surface area contributed by atoms with E-state index in [4.69, 9.17) is 16.3 Å². The van der Waals surface area contributed by atoms with Gasteiger partial charge in [-0.2, -0.15) is 0 Å². The van der Waals surface area contributed by atoms with E-state index >= 15 is 0 Å². The van der Waals surface area contributed by atoms with Crippen LogP contribution in [0.4, 0.5) is 0 Å². The normalized spacial score (nSPS) is 14.9. The van der Waals surface area contributed by atoms with Gasteiger partial charge in [-0.1, -0.05) is 37.6 Å². The van der Waals surface area contributed by atoms with Crippen LogP contribution in [0.5, 0.6) is 0 Å². The number of ether oxygens (including phenoxy) is 1. The molecule has 2 unspecified atom stereocenters. The Morgan fingerprint density at radius 3 is 2.53 bits per heavy atom. The quantitative estimate of drug-likeness (QED) is 0.838. The lowest BCUT2D eigenvalue weighted by Gasteiger charge is -2.30. The van der Waals surface area contributed by atoms with Gasteiger partial charge in [-0.25, -0.2) is 0 Å². The highest BCUT2D eigenvalue weighted by molar-refractivity contribution is 6.30. The van der Waals surface area contributed by atoms with E-state index in [0.29, 0.717) is 5.92 Å². The van der Waals surface area contributed by atoms with Crippen molar-refractivity contribution in [2.24, 2.45) is 5.92 Å². The topological polar surface area (TPSA) is 21.3 Å². The van der Waals surface area contributed by atoms with Crippen molar-refractivity contribution in [3.8, 4) is 0 Å². The molecule has 0 aromatic heterocycles. The molecule has 0 saturated heterocycles. The number of likely N-dealkylation sites (N-methyl/N-ethyl adjacent to an activating group) is 1. The molecule has 0 heterocycles. The van der Waals surface area contributed by atoms with E-state index < -0.39 is 0 Å². The Morgan fingerprint density at radius 1 is 1.35 bits per heavy atom. The first-order valence-electron chi connectivity index (χ1n) is 6.14. The van der Waals surface area contributed by atoms with Crippen LogP contribution in [-0.2, 0) is 4.74 Å². The van der Waals surface area contributed by atoms with Crippen LogP contribution in [0.15, 0.2) is 24.3 Å². The maximum absolute atomic E-state index is 6.04. The smallest absolute Gasteiger partial charge is 0.0792 e. The third kappa shape index (κ3) is 3.98. The highest BCUT2D eigenvalue weighted by Gasteiger charge is 2.25. The number of hydrogen-bond acceptors (Lipinski definition) is 2. The summed E-state index contributed by atoms with van der Waals surface area (Å²) < 4.78 is 5.85. The molecule has 1 aromatic rings. The Labute approximate surface area is 109 Å². The minimum Gasteiger partial charge on any atom is -0.376 e. The molecule has 1 aromatic carbocycles. The second-order valence-electron chi connectivity index (χ2n) is 4.49. The molecule has 0 amide bonds. The van der Waals surface area contributed by atoms with Crippen molar-refractivity contribution in [3.05, 3.63) is 34.9 Å². The Hall–Kier alpha value is -0.570. The third-order valence-corrected chi connectivity index (χ3v) is 3.10. The van der Waals surface area contributed by atoms with Crippen LogP contribution in [0.3, 0.4) is 0 Å². The molecule has 2 atom stereocenters. The molecule has 0 saturated carbocycles. The first-order chi connectivity index (χ1) is 8.10. The fourth-order valence-electron chi connectivity index (χ4n) is 2.09. The standard InChI is InChI=1S/C14H22ClNO/c1-5-17-14(10(2)3)13(16-4)11-7-6-8-12(15)9-11/h6-10,13-14,16H,5H2,1-4H3. The summed E-state index contributed by atoms with van der Waals surface area (Å²) in [5.74, 6) is 0.450. The van der Waals surface area contributed by atoms with Crippen LogP contribution in [0, 0.1) is 5.92 Å². The zero-order valence-corrected chi connectivity index (χ0v) is 11.8. The molecule has 0 radical (unpaired) electrons. The van der Waals surface area contributed by atoms with E-state index in [-0.39, 0.29) is 12.1 Å². The highest BCUT2D eigenvalue weighted by atomic mass is 35.5. The Kier molecular flexibility index (Phi) is 5.96.